The van der Waals surface area contributed by atoms with E-state index in [1.807, 2.05) is 38.7 Å². The van der Waals surface area contributed by atoms with Crippen molar-refractivity contribution in [2.24, 2.45) is 0 Å². The first-order chi connectivity index (χ1) is 9.99. The molecule has 0 radical (unpaired) electrons. The van der Waals surface area contributed by atoms with Crippen molar-refractivity contribution >= 4 is 5.91 Å². The standard InChI is InChI=1S/C16H20N2O3/c1-9-8-13(11(3)20-9)16(19)18-7-5-6-14(18)15-10(2)17-21-12(15)4/h8,14H,5-7H2,1-4H3. The van der Waals surface area contributed by atoms with Gasteiger partial charge in [0.25, 0.3) is 5.91 Å². The lowest BCUT2D eigenvalue weighted by atomic mass is 10.0. The molecule has 0 aromatic carbocycles. The number of amides is 1. The van der Waals surface area contributed by atoms with E-state index in [0.717, 1.165) is 42.2 Å². The predicted molar refractivity (Wildman–Crippen MR) is 77.2 cm³/mol. The van der Waals surface area contributed by atoms with Crippen LogP contribution in [0.15, 0.2) is 15.0 Å². The number of furan rings is 1. The van der Waals surface area contributed by atoms with Crippen LogP contribution in [-0.2, 0) is 0 Å². The largest absolute Gasteiger partial charge is 0.466 e. The maximum atomic E-state index is 12.8. The third kappa shape index (κ3) is 2.26. The van der Waals surface area contributed by atoms with E-state index >= 15 is 0 Å². The summed E-state index contributed by atoms with van der Waals surface area (Å²) in [6.45, 7) is 8.29. The molecule has 1 fully saturated rings. The molecule has 3 heterocycles. The summed E-state index contributed by atoms with van der Waals surface area (Å²) < 4.78 is 10.8. The summed E-state index contributed by atoms with van der Waals surface area (Å²) in [6.07, 6.45) is 1.95. The quantitative estimate of drug-likeness (QED) is 0.849. The molecule has 1 amide bonds. The van der Waals surface area contributed by atoms with Gasteiger partial charge in [-0.1, -0.05) is 5.16 Å². The Hall–Kier alpha value is -2.04. The Morgan fingerprint density at radius 3 is 2.62 bits per heavy atom. The second-order valence-corrected chi connectivity index (χ2v) is 5.72. The summed E-state index contributed by atoms with van der Waals surface area (Å²) >= 11 is 0. The van der Waals surface area contributed by atoms with E-state index in [1.54, 1.807) is 0 Å². The number of aromatic nitrogens is 1. The van der Waals surface area contributed by atoms with Gasteiger partial charge in [0.1, 0.15) is 17.3 Å². The van der Waals surface area contributed by atoms with Gasteiger partial charge in [0.15, 0.2) is 0 Å². The van der Waals surface area contributed by atoms with Crippen molar-refractivity contribution in [2.75, 3.05) is 6.54 Å². The lowest BCUT2D eigenvalue weighted by Gasteiger charge is -2.24. The van der Waals surface area contributed by atoms with Crippen molar-refractivity contribution in [3.05, 3.63) is 40.2 Å². The van der Waals surface area contributed by atoms with Gasteiger partial charge >= 0.3 is 0 Å². The Labute approximate surface area is 123 Å². The topological polar surface area (TPSA) is 59.5 Å². The molecule has 2 aromatic heterocycles. The van der Waals surface area contributed by atoms with Crippen LogP contribution in [0.4, 0.5) is 0 Å². The number of hydrogen-bond donors (Lipinski definition) is 0. The van der Waals surface area contributed by atoms with Gasteiger partial charge in [0, 0.05) is 12.1 Å². The van der Waals surface area contributed by atoms with E-state index in [-0.39, 0.29) is 11.9 Å². The highest BCUT2D eigenvalue weighted by Gasteiger charge is 2.35. The van der Waals surface area contributed by atoms with Gasteiger partial charge in [0.2, 0.25) is 0 Å². The fraction of sp³-hybridized carbons (Fsp3) is 0.500. The Morgan fingerprint density at radius 1 is 1.29 bits per heavy atom. The molecule has 0 N–H and O–H groups in total. The van der Waals surface area contributed by atoms with Crippen LogP contribution in [0.1, 0.15) is 57.8 Å². The summed E-state index contributed by atoms with van der Waals surface area (Å²) in [7, 11) is 0. The minimum atomic E-state index is 0.0341. The third-order valence-corrected chi connectivity index (χ3v) is 4.21. The lowest BCUT2D eigenvalue weighted by Crippen LogP contribution is -2.31. The molecule has 0 saturated carbocycles. The predicted octanol–water partition coefficient (Wildman–Crippen LogP) is 3.48. The van der Waals surface area contributed by atoms with Crippen LogP contribution in [0.2, 0.25) is 0 Å². The molecular weight excluding hydrogens is 268 g/mol. The highest BCUT2D eigenvalue weighted by molar-refractivity contribution is 5.95. The van der Waals surface area contributed by atoms with Crippen LogP contribution in [0.5, 0.6) is 0 Å². The molecule has 5 heteroatoms. The highest BCUT2D eigenvalue weighted by Crippen LogP contribution is 2.36. The summed E-state index contributed by atoms with van der Waals surface area (Å²) in [5.74, 6) is 2.29. The summed E-state index contributed by atoms with van der Waals surface area (Å²) in [6, 6.07) is 1.87. The summed E-state index contributed by atoms with van der Waals surface area (Å²) in [5, 5.41) is 4.02. The van der Waals surface area contributed by atoms with Gasteiger partial charge in [-0.3, -0.25) is 4.79 Å². The molecule has 1 saturated heterocycles. The maximum Gasteiger partial charge on any atom is 0.257 e. The van der Waals surface area contributed by atoms with E-state index in [2.05, 4.69) is 5.16 Å². The first-order valence-corrected chi connectivity index (χ1v) is 7.29. The zero-order valence-corrected chi connectivity index (χ0v) is 12.9. The SMILES string of the molecule is Cc1cc(C(=O)N2CCCC2c2c(C)noc2C)c(C)o1. The van der Waals surface area contributed by atoms with Gasteiger partial charge in [-0.05, 0) is 46.6 Å². The zero-order chi connectivity index (χ0) is 15.1. The Morgan fingerprint density at radius 2 is 2.05 bits per heavy atom. The molecule has 0 aliphatic carbocycles. The summed E-state index contributed by atoms with van der Waals surface area (Å²) in [4.78, 5) is 14.7. The fourth-order valence-electron chi connectivity index (χ4n) is 3.27. The van der Waals surface area contributed by atoms with Crippen molar-refractivity contribution in [3.8, 4) is 0 Å². The minimum Gasteiger partial charge on any atom is -0.466 e. The Kier molecular flexibility index (Phi) is 3.35. The summed E-state index contributed by atoms with van der Waals surface area (Å²) in [5.41, 5.74) is 2.59. The third-order valence-electron chi connectivity index (χ3n) is 4.21. The number of rotatable bonds is 2. The van der Waals surface area contributed by atoms with Crippen LogP contribution in [0.3, 0.4) is 0 Å². The van der Waals surface area contributed by atoms with Crippen LogP contribution < -0.4 is 0 Å². The van der Waals surface area contributed by atoms with Crippen LogP contribution in [0.25, 0.3) is 0 Å². The van der Waals surface area contributed by atoms with E-state index in [0.29, 0.717) is 11.3 Å². The van der Waals surface area contributed by atoms with Gasteiger partial charge in [-0.15, -0.1) is 0 Å². The molecule has 3 rings (SSSR count). The molecule has 5 nitrogen and oxygen atoms in total. The average molecular weight is 288 g/mol. The van der Waals surface area contributed by atoms with Crippen molar-refractivity contribution < 1.29 is 13.7 Å². The van der Waals surface area contributed by atoms with Crippen molar-refractivity contribution in [1.29, 1.82) is 0 Å². The monoisotopic (exact) mass is 288 g/mol. The normalized spacial score (nSPS) is 18.5. The fourth-order valence-corrected chi connectivity index (χ4v) is 3.27. The Balaban J connectivity index is 1.94. The number of carbonyl (C=O) groups is 1. The molecule has 1 aliphatic rings. The number of hydrogen-bond acceptors (Lipinski definition) is 4. The number of aryl methyl sites for hydroxylation is 4. The minimum absolute atomic E-state index is 0.0341. The molecule has 0 spiro atoms. The molecule has 0 bridgehead atoms. The first kappa shape index (κ1) is 13.9. The van der Waals surface area contributed by atoms with Crippen LogP contribution >= 0.6 is 0 Å². The second kappa shape index (κ2) is 5.06. The highest BCUT2D eigenvalue weighted by atomic mass is 16.5. The molecular formula is C16H20N2O3. The van der Waals surface area contributed by atoms with Gasteiger partial charge in [-0.25, -0.2) is 0 Å². The molecule has 2 aromatic rings. The average Bonchev–Trinajstić information content (AvgIpc) is 3.09. The molecule has 1 atom stereocenters. The smallest absolute Gasteiger partial charge is 0.257 e. The number of carbonyl (C=O) groups excluding carboxylic acids is 1. The molecule has 1 unspecified atom stereocenters. The maximum absolute atomic E-state index is 12.8. The van der Waals surface area contributed by atoms with Crippen molar-refractivity contribution in [2.45, 2.75) is 46.6 Å². The first-order valence-electron chi connectivity index (χ1n) is 7.29. The van der Waals surface area contributed by atoms with Gasteiger partial charge in [0.05, 0.1) is 17.3 Å². The second-order valence-electron chi connectivity index (χ2n) is 5.72. The van der Waals surface area contributed by atoms with Crippen molar-refractivity contribution in [1.82, 2.24) is 10.1 Å². The zero-order valence-electron chi connectivity index (χ0n) is 12.9. The van der Waals surface area contributed by atoms with E-state index in [4.69, 9.17) is 8.94 Å². The molecule has 21 heavy (non-hydrogen) atoms. The van der Waals surface area contributed by atoms with E-state index in [9.17, 15) is 4.79 Å². The van der Waals surface area contributed by atoms with E-state index < -0.39 is 0 Å². The number of likely N-dealkylation sites (tertiary alicyclic amines) is 1. The van der Waals surface area contributed by atoms with Crippen molar-refractivity contribution in [3.63, 3.8) is 0 Å². The van der Waals surface area contributed by atoms with Crippen LogP contribution in [0, 0.1) is 27.7 Å². The lowest BCUT2D eigenvalue weighted by molar-refractivity contribution is 0.0733. The Bertz CT molecular complexity index is 664. The van der Waals surface area contributed by atoms with Gasteiger partial charge < -0.3 is 13.8 Å². The molecule has 112 valence electrons. The number of nitrogens with zero attached hydrogens (tertiary/aromatic N) is 2. The van der Waals surface area contributed by atoms with E-state index in [1.165, 1.54) is 0 Å². The van der Waals surface area contributed by atoms with Crippen LogP contribution in [-0.4, -0.2) is 22.5 Å². The van der Waals surface area contributed by atoms with Gasteiger partial charge in [-0.2, -0.15) is 0 Å². The molecule has 1 aliphatic heterocycles.